The first-order valence-electron chi connectivity index (χ1n) is 8.32. The Hall–Kier alpha value is -2.21. The smallest absolute Gasteiger partial charge is 0.417 e. The molecule has 1 fully saturated rings. The summed E-state index contributed by atoms with van der Waals surface area (Å²) in [6.45, 7) is 2.61. The van der Waals surface area contributed by atoms with Gasteiger partial charge in [-0.2, -0.15) is 13.2 Å². The predicted octanol–water partition coefficient (Wildman–Crippen LogP) is 4.11. The van der Waals surface area contributed by atoms with Crippen LogP contribution in [0.25, 0.3) is 11.1 Å². The second-order valence-electron chi connectivity index (χ2n) is 6.59. The number of halogens is 3. The van der Waals surface area contributed by atoms with Crippen LogP contribution in [0.2, 0.25) is 0 Å². The number of nitrogens with one attached hydrogen (secondary N) is 2. The minimum absolute atomic E-state index is 0.184. The van der Waals surface area contributed by atoms with Crippen molar-refractivity contribution in [2.75, 3.05) is 32.1 Å². The van der Waals surface area contributed by atoms with Gasteiger partial charge in [-0.05, 0) is 40.8 Å². The summed E-state index contributed by atoms with van der Waals surface area (Å²) in [5.74, 6) is 1.34. The molecule has 25 heavy (non-hydrogen) atoms. The Morgan fingerprint density at radius 3 is 2.64 bits per heavy atom. The van der Waals surface area contributed by atoms with E-state index in [9.17, 15) is 13.2 Å². The van der Waals surface area contributed by atoms with Crippen LogP contribution in [0, 0.1) is 5.92 Å². The van der Waals surface area contributed by atoms with E-state index in [0.29, 0.717) is 23.1 Å². The molecule has 1 saturated heterocycles. The Labute approximate surface area is 144 Å². The van der Waals surface area contributed by atoms with Gasteiger partial charge in [0, 0.05) is 25.6 Å². The molecule has 2 heterocycles. The highest BCUT2D eigenvalue weighted by atomic mass is 19.4. The Morgan fingerprint density at radius 2 is 1.88 bits per heavy atom. The van der Waals surface area contributed by atoms with Gasteiger partial charge in [0.25, 0.3) is 0 Å². The normalized spacial score (nSPS) is 22.1. The summed E-state index contributed by atoms with van der Waals surface area (Å²) in [5, 5.41) is 6.77. The van der Waals surface area contributed by atoms with Gasteiger partial charge in [0.2, 0.25) is 0 Å². The number of methoxy groups -OCH3 is 1. The maximum absolute atomic E-state index is 13.4. The van der Waals surface area contributed by atoms with Crippen LogP contribution in [0.15, 0.2) is 36.4 Å². The van der Waals surface area contributed by atoms with E-state index in [0.717, 1.165) is 37.0 Å². The largest absolute Gasteiger partial charge is 0.495 e. The maximum Gasteiger partial charge on any atom is 0.417 e. The molecule has 0 spiro atoms. The minimum Gasteiger partial charge on any atom is -0.495 e. The molecule has 0 aliphatic carbocycles. The van der Waals surface area contributed by atoms with Crippen LogP contribution in [0.1, 0.15) is 17.0 Å². The summed E-state index contributed by atoms with van der Waals surface area (Å²) in [7, 11) is 1.55. The number of hydrogen-bond acceptors (Lipinski definition) is 3. The zero-order valence-electron chi connectivity index (χ0n) is 13.8. The van der Waals surface area contributed by atoms with Crippen LogP contribution in [0.3, 0.4) is 0 Å². The van der Waals surface area contributed by atoms with E-state index in [2.05, 4.69) is 10.6 Å². The average Bonchev–Trinajstić information content (AvgIpc) is 3.09. The van der Waals surface area contributed by atoms with Gasteiger partial charge in [0.15, 0.2) is 0 Å². The molecule has 4 rings (SSSR count). The molecule has 2 aliphatic rings. The molecule has 0 radical (unpaired) electrons. The number of hydrogen-bond donors (Lipinski definition) is 2. The standard InChI is InChI=1S/C19H19F3N2O/c1-25-17-7-11(13-4-2-3-5-16(13)19(20,21)22)6-14-15-10-23-8-12(15)9-24-18(14)17/h2-7,12,15,23-24H,8-10H2,1H3. The third-order valence-corrected chi connectivity index (χ3v) is 5.18. The van der Waals surface area contributed by atoms with E-state index in [4.69, 9.17) is 4.74 Å². The highest BCUT2D eigenvalue weighted by Crippen LogP contribution is 2.46. The van der Waals surface area contributed by atoms with Crippen LogP contribution in [-0.4, -0.2) is 26.7 Å². The molecule has 0 amide bonds. The van der Waals surface area contributed by atoms with E-state index in [1.165, 1.54) is 12.1 Å². The van der Waals surface area contributed by atoms with Crippen LogP contribution in [-0.2, 0) is 6.18 Å². The van der Waals surface area contributed by atoms with Gasteiger partial charge in [-0.3, -0.25) is 0 Å². The molecule has 132 valence electrons. The van der Waals surface area contributed by atoms with Gasteiger partial charge in [-0.15, -0.1) is 0 Å². The van der Waals surface area contributed by atoms with Crippen molar-refractivity contribution in [1.29, 1.82) is 0 Å². The zero-order valence-corrected chi connectivity index (χ0v) is 13.8. The number of fused-ring (bicyclic) bond motifs is 3. The Balaban J connectivity index is 1.89. The molecule has 2 atom stereocenters. The topological polar surface area (TPSA) is 33.3 Å². The summed E-state index contributed by atoms with van der Waals surface area (Å²) >= 11 is 0. The number of ether oxygens (including phenoxy) is 1. The second-order valence-corrected chi connectivity index (χ2v) is 6.59. The maximum atomic E-state index is 13.4. The molecule has 2 aliphatic heterocycles. The van der Waals surface area contributed by atoms with Crippen LogP contribution < -0.4 is 15.4 Å². The molecule has 2 N–H and O–H groups in total. The molecule has 2 aromatic rings. The quantitative estimate of drug-likeness (QED) is 0.857. The van der Waals surface area contributed by atoms with Crippen LogP contribution >= 0.6 is 0 Å². The van der Waals surface area contributed by atoms with Gasteiger partial charge in [0.05, 0.1) is 18.4 Å². The molecule has 2 unspecified atom stereocenters. The summed E-state index contributed by atoms with van der Waals surface area (Å²) in [6, 6.07) is 9.28. The second kappa shape index (κ2) is 5.95. The van der Waals surface area contributed by atoms with Crippen molar-refractivity contribution in [3.63, 3.8) is 0 Å². The number of alkyl halides is 3. The van der Waals surface area contributed by atoms with E-state index in [1.54, 1.807) is 19.2 Å². The summed E-state index contributed by atoms with van der Waals surface area (Å²) in [5.41, 5.74) is 2.04. The fourth-order valence-corrected chi connectivity index (χ4v) is 3.96. The molecule has 3 nitrogen and oxygen atoms in total. The fraction of sp³-hybridized carbons (Fsp3) is 0.368. The van der Waals surface area contributed by atoms with Crippen molar-refractivity contribution in [3.8, 4) is 16.9 Å². The first kappa shape index (κ1) is 16.3. The summed E-state index contributed by atoms with van der Waals surface area (Å²) in [4.78, 5) is 0. The lowest BCUT2D eigenvalue weighted by Crippen LogP contribution is -2.27. The number of rotatable bonds is 2. The van der Waals surface area contributed by atoms with Crippen LogP contribution in [0.5, 0.6) is 5.75 Å². The van der Waals surface area contributed by atoms with E-state index >= 15 is 0 Å². The van der Waals surface area contributed by atoms with Crippen LogP contribution in [0.4, 0.5) is 18.9 Å². The Bertz CT molecular complexity index is 804. The minimum atomic E-state index is -4.39. The van der Waals surface area contributed by atoms with Gasteiger partial charge in [-0.25, -0.2) is 0 Å². The lowest BCUT2D eigenvalue weighted by Gasteiger charge is -2.31. The van der Waals surface area contributed by atoms with E-state index < -0.39 is 11.7 Å². The molecule has 2 aromatic carbocycles. The highest BCUT2D eigenvalue weighted by molar-refractivity contribution is 5.77. The third-order valence-electron chi connectivity index (χ3n) is 5.18. The van der Waals surface area contributed by atoms with Crippen molar-refractivity contribution in [3.05, 3.63) is 47.5 Å². The van der Waals surface area contributed by atoms with Crippen molar-refractivity contribution in [1.82, 2.24) is 5.32 Å². The third kappa shape index (κ3) is 2.74. The van der Waals surface area contributed by atoms with Gasteiger partial charge in [-0.1, -0.05) is 18.2 Å². The SMILES string of the molecule is COc1cc(-c2ccccc2C(F)(F)F)cc2c1NCC1CNCC21. The lowest BCUT2D eigenvalue weighted by molar-refractivity contribution is -0.137. The predicted molar refractivity (Wildman–Crippen MR) is 91.0 cm³/mol. The zero-order chi connectivity index (χ0) is 17.6. The summed E-state index contributed by atoms with van der Waals surface area (Å²) in [6.07, 6.45) is -4.39. The Kier molecular flexibility index (Phi) is 3.87. The monoisotopic (exact) mass is 348 g/mol. The lowest BCUT2D eigenvalue weighted by atomic mass is 9.82. The number of benzene rings is 2. The van der Waals surface area contributed by atoms with Crippen molar-refractivity contribution in [2.24, 2.45) is 5.92 Å². The van der Waals surface area contributed by atoms with Gasteiger partial charge < -0.3 is 15.4 Å². The van der Waals surface area contributed by atoms with E-state index in [1.807, 2.05) is 6.07 Å². The van der Waals surface area contributed by atoms with Crippen molar-refractivity contribution >= 4 is 5.69 Å². The van der Waals surface area contributed by atoms with Gasteiger partial charge in [0.1, 0.15) is 5.75 Å². The fourth-order valence-electron chi connectivity index (χ4n) is 3.96. The van der Waals surface area contributed by atoms with Crippen molar-refractivity contribution in [2.45, 2.75) is 12.1 Å². The number of anilines is 1. The van der Waals surface area contributed by atoms with E-state index in [-0.39, 0.29) is 5.56 Å². The summed E-state index contributed by atoms with van der Waals surface area (Å²) < 4.78 is 45.7. The molecule has 6 heteroatoms. The molecule has 0 aromatic heterocycles. The highest BCUT2D eigenvalue weighted by Gasteiger charge is 2.37. The average molecular weight is 348 g/mol. The molecule has 0 saturated carbocycles. The van der Waals surface area contributed by atoms with Gasteiger partial charge >= 0.3 is 6.18 Å². The molecular weight excluding hydrogens is 329 g/mol. The van der Waals surface area contributed by atoms with Crippen molar-refractivity contribution < 1.29 is 17.9 Å². The molecule has 0 bridgehead atoms. The first-order chi connectivity index (χ1) is 12.0. The first-order valence-corrected chi connectivity index (χ1v) is 8.32. The Morgan fingerprint density at radius 1 is 1.08 bits per heavy atom. The molecular formula is C19H19F3N2O.